The lowest BCUT2D eigenvalue weighted by atomic mass is 10.1. The number of hydrogen-bond acceptors (Lipinski definition) is 2. The smallest absolute Gasteiger partial charge is 0.207 e. The molecule has 1 aromatic carbocycles. The van der Waals surface area contributed by atoms with Crippen LogP contribution >= 0.6 is 22.3 Å². The van der Waals surface area contributed by atoms with Crippen molar-refractivity contribution in [2.24, 2.45) is 0 Å². The largest absolute Gasteiger partial charge is 0.262 e. The molecule has 76 valence electrons. The zero-order valence-corrected chi connectivity index (χ0v) is 9.53. The first kappa shape index (κ1) is 10.3. The molecule has 1 fully saturated rings. The Morgan fingerprint density at radius 2 is 1.93 bits per heavy atom. The first-order valence-corrected chi connectivity index (χ1v) is 6.91. The monoisotopic (exact) mass is 250 g/mol. The van der Waals surface area contributed by atoms with E-state index in [4.69, 9.17) is 22.3 Å². The summed E-state index contributed by atoms with van der Waals surface area (Å²) in [5, 5.41) is 0.212. The standard InChI is InChI=1S/C9H8Cl2O2S/c10-8-5-7(6-1-2-6)3-4-9(8)14(11,12)13/h3-6H,1-2H2. The molecule has 0 aliphatic heterocycles. The molecule has 1 aliphatic rings. The second-order valence-corrected chi connectivity index (χ2v) is 6.34. The summed E-state index contributed by atoms with van der Waals surface area (Å²) in [4.78, 5) is -0.00904. The van der Waals surface area contributed by atoms with Crippen LogP contribution < -0.4 is 0 Å². The van der Waals surface area contributed by atoms with Gasteiger partial charge in [0.2, 0.25) is 0 Å². The van der Waals surface area contributed by atoms with Crippen molar-refractivity contribution < 1.29 is 8.42 Å². The average Bonchev–Trinajstić information content (AvgIpc) is 2.83. The normalized spacial score (nSPS) is 17.0. The summed E-state index contributed by atoms with van der Waals surface area (Å²) in [7, 11) is 1.48. The van der Waals surface area contributed by atoms with Crippen molar-refractivity contribution in [2.75, 3.05) is 0 Å². The van der Waals surface area contributed by atoms with Gasteiger partial charge in [0.05, 0.1) is 5.02 Å². The van der Waals surface area contributed by atoms with Crippen LogP contribution in [0, 0.1) is 0 Å². The fourth-order valence-electron chi connectivity index (χ4n) is 1.39. The summed E-state index contributed by atoms with van der Waals surface area (Å²) in [6, 6.07) is 4.94. The molecular formula is C9H8Cl2O2S. The van der Waals surface area contributed by atoms with Crippen LogP contribution in [-0.4, -0.2) is 8.42 Å². The first-order chi connectivity index (χ1) is 6.48. The van der Waals surface area contributed by atoms with Crippen LogP contribution in [0.4, 0.5) is 0 Å². The van der Waals surface area contributed by atoms with Crippen molar-refractivity contribution in [3.63, 3.8) is 0 Å². The van der Waals surface area contributed by atoms with Gasteiger partial charge in [-0.2, -0.15) is 0 Å². The van der Waals surface area contributed by atoms with Crippen molar-refractivity contribution in [3.05, 3.63) is 28.8 Å². The first-order valence-electron chi connectivity index (χ1n) is 4.22. The maximum absolute atomic E-state index is 11.0. The lowest BCUT2D eigenvalue weighted by molar-refractivity contribution is 0.609. The fourth-order valence-corrected chi connectivity index (χ4v) is 2.92. The molecule has 0 heterocycles. The molecule has 0 unspecified atom stereocenters. The highest BCUT2D eigenvalue weighted by atomic mass is 35.7. The minimum Gasteiger partial charge on any atom is -0.207 e. The molecule has 1 saturated carbocycles. The van der Waals surface area contributed by atoms with Crippen molar-refractivity contribution in [3.8, 4) is 0 Å². The van der Waals surface area contributed by atoms with Gasteiger partial charge in [0.1, 0.15) is 4.90 Å². The molecule has 0 atom stereocenters. The third kappa shape index (κ3) is 2.05. The lowest BCUT2D eigenvalue weighted by Gasteiger charge is -2.02. The maximum Gasteiger partial charge on any atom is 0.262 e. The van der Waals surface area contributed by atoms with Crippen molar-refractivity contribution >= 4 is 31.3 Å². The van der Waals surface area contributed by atoms with E-state index in [0.717, 1.165) is 18.4 Å². The van der Waals surface area contributed by atoms with E-state index in [1.165, 1.54) is 6.07 Å². The van der Waals surface area contributed by atoms with E-state index in [9.17, 15) is 8.42 Å². The van der Waals surface area contributed by atoms with Gasteiger partial charge in [0, 0.05) is 10.7 Å². The molecule has 0 amide bonds. The average molecular weight is 251 g/mol. The van der Waals surface area contributed by atoms with E-state index in [2.05, 4.69) is 0 Å². The topological polar surface area (TPSA) is 34.1 Å². The van der Waals surface area contributed by atoms with Gasteiger partial charge in [-0.3, -0.25) is 0 Å². The number of benzene rings is 1. The highest BCUT2D eigenvalue weighted by molar-refractivity contribution is 8.13. The van der Waals surface area contributed by atoms with E-state index in [1.54, 1.807) is 12.1 Å². The Bertz CT molecular complexity index is 464. The zero-order chi connectivity index (χ0) is 10.3. The molecule has 0 bridgehead atoms. The van der Waals surface area contributed by atoms with Gasteiger partial charge >= 0.3 is 0 Å². The van der Waals surface area contributed by atoms with E-state index >= 15 is 0 Å². The summed E-state index contributed by atoms with van der Waals surface area (Å²) in [6.07, 6.45) is 2.31. The Kier molecular flexibility index (Phi) is 2.50. The van der Waals surface area contributed by atoms with Crippen molar-refractivity contribution in [2.45, 2.75) is 23.7 Å². The Labute approximate surface area is 92.3 Å². The molecule has 2 rings (SSSR count). The lowest BCUT2D eigenvalue weighted by Crippen LogP contribution is -1.92. The van der Waals surface area contributed by atoms with Crippen molar-refractivity contribution in [1.82, 2.24) is 0 Å². The van der Waals surface area contributed by atoms with Crippen LogP contribution in [0.3, 0.4) is 0 Å². The maximum atomic E-state index is 11.0. The van der Waals surface area contributed by atoms with E-state index in [-0.39, 0.29) is 9.92 Å². The molecule has 0 aromatic heterocycles. The molecular weight excluding hydrogens is 243 g/mol. The summed E-state index contributed by atoms with van der Waals surface area (Å²) in [5.74, 6) is 0.555. The molecule has 5 heteroatoms. The van der Waals surface area contributed by atoms with Gasteiger partial charge in [0.15, 0.2) is 0 Å². The second-order valence-electron chi connectivity index (χ2n) is 3.40. The van der Waals surface area contributed by atoms with Crippen LogP contribution in [0.15, 0.2) is 23.1 Å². The van der Waals surface area contributed by atoms with Gasteiger partial charge in [-0.15, -0.1) is 0 Å². The predicted octanol–water partition coefficient (Wildman–Crippen LogP) is 3.14. The predicted molar refractivity (Wildman–Crippen MR) is 56.5 cm³/mol. The van der Waals surface area contributed by atoms with Crippen LogP contribution in [0.2, 0.25) is 5.02 Å². The third-order valence-electron chi connectivity index (χ3n) is 2.27. The highest BCUT2D eigenvalue weighted by Gasteiger charge is 2.25. The summed E-state index contributed by atoms with van der Waals surface area (Å²) in [5.41, 5.74) is 1.10. The van der Waals surface area contributed by atoms with Crippen molar-refractivity contribution in [1.29, 1.82) is 0 Å². The Morgan fingerprint density at radius 1 is 1.29 bits per heavy atom. The molecule has 0 spiro atoms. The highest BCUT2D eigenvalue weighted by Crippen LogP contribution is 2.41. The minimum atomic E-state index is -3.72. The molecule has 0 radical (unpaired) electrons. The Balaban J connectivity index is 2.46. The quantitative estimate of drug-likeness (QED) is 0.756. The van der Waals surface area contributed by atoms with E-state index in [1.807, 2.05) is 0 Å². The molecule has 0 N–H and O–H groups in total. The molecule has 2 nitrogen and oxygen atoms in total. The molecule has 1 aliphatic carbocycles. The summed E-state index contributed by atoms with van der Waals surface area (Å²) >= 11 is 5.82. The van der Waals surface area contributed by atoms with Gasteiger partial charge < -0.3 is 0 Å². The molecule has 14 heavy (non-hydrogen) atoms. The van der Waals surface area contributed by atoms with Gasteiger partial charge in [-0.25, -0.2) is 8.42 Å². The van der Waals surface area contributed by atoms with E-state index < -0.39 is 9.05 Å². The van der Waals surface area contributed by atoms with Gasteiger partial charge in [0.25, 0.3) is 9.05 Å². The van der Waals surface area contributed by atoms with E-state index in [0.29, 0.717) is 5.92 Å². The summed E-state index contributed by atoms with van der Waals surface area (Å²) < 4.78 is 22.1. The Morgan fingerprint density at radius 3 is 2.36 bits per heavy atom. The van der Waals surface area contributed by atoms with Crippen LogP contribution in [0.5, 0.6) is 0 Å². The minimum absolute atomic E-state index is 0.00904. The molecule has 1 aromatic rings. The summed E-state index contributed by atoms with van der Waals surface area (Å²) in [6.45, 7) is 0. The van der Waals surface area contributed by atoms with Gasteiger partial charge in [-0.1, -0.05) is 17.7 Å². The zero-order valence-electron chi connectivity index (χ0n) is 7.20. The fraction of sp³-hybridized carbons (Fsp3) is 0.333. The number of rotatable bonds is 2. The Hall–Kier alpha value is -0.250. The van der Waals surface area contributed by atoms with Gasteiger partial charge in [-0.05, 0) is 36.5 Å². The van der Waals surface area contributed by atoms with Crippen LogP contribution in [0.1, 0.15) is 24.3 Å². The SMILES string of the molecule is O=S(=O)(Cl)c1ccc(C2CC2)cc1Cl. The van der Waals surface area contributed by atoms with Crippen LogP contribution in [-0.2, 0) is 9.05 Å². The number of hydrogen-bond donors (Lipinski definition) is 0. The second kappa shape index (κ2) is 3.40. The van der Waals surface area contributed by atoms with Crippen LogP contribution in [0.25, 0.3) is 0 Å². The number of halogens is 2. The molecule has 0 saturated heterocycles. The third-order valence-corrected chi connectivity index (χ3v) is 4.07.